The first-order valence-corrected chi connectivity index (χ1v) is 15.0. The fourth-order valence-electron chi connectivity index (χ4n) is 3.92. The molecule has 8 nitrogen and oxygen atoms in total. The molecule has 0 radical (unpaired) electrons. The van der Waals surface area contributed by atoms with Gasteiger partial charge in [0.05, 0.1) is 19.3 Å². The number of benzene rings is 1. The summed E-state index contributed by atoms with van der Waals surface area (Å²) in [6, 6.07) is 9.56. The number of carbonyl (C=O) groups excluding carboxylic acids is 1. The molecule has 1 fully saturated rings. The Bertz CT molecular complexity index is 1120. The highest BCUT2D eigenvalue weighted by Gasteiger charge is 2.41. The first-order valence-electron chi connectivity index (χ1n) is 12.1. The van der Waals surface area contributed by atoms with E-state index >= 15 is 0 Å². The van der Waals surface area contributed by atoms with Crippen LogP contribution in [0.5, 0.6) is 0 Å². The van der Waals surface area contributed by atoms with E-state index in [1.165, 1.54) is 10.8 Å². The van der Waals surface area contributed by atoms with Crippen molar-refractivity contribution in [2.24, 2.45) is 5.92 Å². The van der Waals surface area contributed by atoms with Crippen molar-refractivity contribution in [1.82, 2.24) is 9.13 Å². The van der Waals surface area contributed by atoms with Gasteiger partial charge in [0, 0.05) is 18.2 Å². The Labute approximate surface area is 208 Å². The minimum atomic E-state index is -2.00. The molecule has 3 rings (SSSR count). The van der Waals surface area contributed by atoms with Gasteiger partial charge in [-0.2, -0.15) is 0 Å². The number of aldehydes is 1. The van der Waals surface area contributed by atoms with Gasteiger partial charge in [0.25, 0.3) is 5.56 Å². The fraction of sp³-hybridized carbons (Fsp3) is 0.577. The third-order valence-corrected chi connectivity index (χ3v) is 11.7. The summed E-state index contributed by atoms with van der Waals surface area (Å²) in [5, 5.41) is 0.0501. The molecule has 2 heterocycles. The quantitative estimate of drug-likeness (QED) is 0.360. The Morgan fingerprint density at radius 2 is 1.86 bits per heavy atom. The highest BCUT2D eigenvalue weighted by Crippen LogP contribution is 2.39. The van der Waals surface area contributed by atoms with E-state index in [9.17, 15) is 14.4 Å². The van der Waals surface area contributed by atoms with Crippen LogP contribution in [0.15, 0.2) is 46.1 Å². The first-order chi connectivity index (χ1) is 16.4. The summed E-state index contributed by atoms with van der Waals surface area (Å²) < 4.78 is 20.9. The second-order valence-electron chi connectivity index (χ2n) is 10.8. The molecular formula is C26H38N2O6Si. The summed E-state index contributed by atoms with van der Waals surface area (Å²) in [5.41, 5.74) is 0.493. The van der Waals surface area contributed by atoms with E-state index in [1.807, 2.05) is 30.3 Å². The lowest BCUT2D eigenvalue weighted by molar-refractivity contribution is -0.109. The average Bonchev–Trinajstić information content (AvgIpc) is 3.20. The van der Waals surface area contributed by atoms with Crippen LogP contribution in [0.3, 0.4) is 0 Å². The molecule has 1 aromatic carbocycles. The van der Waals surface area contributed by atoms with Crippen LogP contribution in [0.25, 0.3) is 0 Å². The monoisotopic (exact) mass is 502 g/mol. The molecule has 0 amide bonds. The number of ether oxygens (including phenoxy) is 2. The topological polar surface area (TPSA) is 88.8 Å². The zero-order chi connectivity index (χ0) is 25.8. The van der Waals surface area contributed by atoms with E-state index in [4.69, 9.17) is 13.9 Å². The van der Waals surface area contributed by atoms with Crippen LogP contribution >= 0.6 is 0 Å². The van der Waals surface area contributed by atoms with E-state index in [0.717, 1.165) is 16.4 Å². The number of carbonyl (C=O) groups is 1. The van der Waals surface area contributed by atoms with Gasteiger partial charge in [-0.05, 0) is 43.0 Å². The molecule has 0 bridgehead atoms. The third-order valence-electron chi connectivity index (χ3n) is 7.18. The number of hydrogen-bond donors (Lipinski definition) is 0. The maximum absolute atomic E-state index is 13.3. The van der Waals surface area contributed by atoms with Crippen LogP contribution in [0.2, 0.25) is 18.1 Å². The van der Waals surface area contributed by atoms with Gasteiger partial charge in [-0.1, -0.05) is 51.1 Å². The maximum atomic E-state index is 13.3. The van der Waals surface area contributed by atoms with Gasteiger partial charge in [-0.15, -0.1) is 0 Å². The third kappa shape index (κ3) is 6.46. The lowest BCUT2D eigenvalue weighted by Gasteiger charge is -2.37. The number of nitrogens with zero attached hydrogens (tertiary/aromatic N) is 2. The van der Waals surface area contributed by atoms with Gasteiger partial charge in [-0.3, -0.25) is 9.36 Å². The summed E-state index contributed by atoms with van der Waals surface area (Å²) >= 11 is 0. The van der Waals surface area contributed by atoms with Gasteiger partial charge < -0.3 is 18.7 Å². The Hall–Kier alpha value is -2.33. The summed E-state index contributed by atoms with van der Waals surface area (Å²) in [6.45, 7) is 13.0. The summed E-state index contributed by atoms with van der Waals surface area (Å²) in [6.07, 6.45) is 2.36. The number of aryl methyl sites for hydroxylation is 1. The van der Waals surface area contributed by atoms with E-state index in [-0.39, 0.29) is 36.0 Å². The molecule has 0 spiro atoms. The Kier molecular flexibility index (Phi) is 8.69. The minimum absolute atomic E-state index is 0.0501. The van der Waals surface area contributed by atoms with Crippen molar-refractivity contribution in [3.63, 3.8) is 0 Å². The van der Waals surface area contributed by atoms with Crippen molar-refractivity contribution in [1.29, 1.82) is 0 Å². The van der Waals surface area contributed by atoms with Crippen LogP contribution < -0.4 is 11.2 Å². The molecule has 1 aliphatic rings. The molecule has 2 aromatic rings. The highest BCUT2D eigenvalue weighted by molar-refractivity contribution is 6.74. The predicted octanol–water partition coefficient (Wildman–Crippen LogP) is 4.01. The van der Waals surface area contributed by atoms with Crippen molar-refractivity contribution in [2.45, 2.75) is 84.3 Å². The predicted molar refractivity (Wildman–Crippen MR) is 137 cm³/mol. The average molecular weight is 503 g/mol. The minimum Gasteiger partial charge on any atom is -0.414 e. The standard InChI is InChI=1S/C26H38N2O6Si/c1-19-15-27(25(31)28(24(19)30)18-32-16-20-10-8-7-9-11-20)23-14-21(12-13-29)22(34-23)17-33-35(5,6)26(2,3)4/h7-11,13,15,21-23H,12,14,16-18H2,1-6H3/t21-,22+,23+/m0/s1. The van der Waals surface area contributed by atoms with Crippen molar-refractivity contribution in [3.8, 4) is 0 Å². The molecule has 0 N–H and O–H groups in total. The van der Waals surface area contributed by atoms with E-state index in [2.05, 4.69) is 33.9 Å². The molecule has 0 saturated carbocycles. The van der Waals surface area contributed by atoms with Gasteiger partial charge >= 0.3 is 5.69 Å². The summed E-state index contributed by atoms with van der Waals surface area (Å²) in [4.78, 5) is 37.3. The largest absolute Gasteiger partial charge is 0.414 e. The van der Waals surface area contributed by atoms with Crippen LogP contribution in [0.1, 0.15) is 51.0 Å². The SMILES string of the molecule is Cc1cn([C@H]2C[C@H](CC=O)[C@@H](CO[Si](C)(C)C(C)(C)C)O2)c(=O)n(COCc2ccccc2)c1=O. The van der Waals surface area contributed by atoms with Gasteiger partial charge in [0.2, 0.25) is 0 Å². The van der Waals surface area contributed by atoms with Crippen LogP contribution in [0, 0.1) is 12.8 Å². The summed E-state index contributed by atoms with van der Waals surface area (Å²) in [7, 11) is -2.00. The highest BCUT2D eigenvalue weighted by atomic mass is 28.4. The van der Waals surface area contributed by atoms with Gasteiger partial charge in [-0.25, -0.2) is 9.36 Å². The second kappa shape index (κ2) is 11.2. The molecule has 1 aromatic heterocycles. The zero-order valence-corrected chi connectivity index (χ0v) is 22.7. The summed E-state index contributed by atoms with van der Waals surface area (Å²) in [5.74, 6) is -0.0656. The van der Waals surface area contributed by atoms with Crippen molar-refractivity contribution in [3.05, 3.63) is 68.5 Å². The molecule has 9 heteroatoms. The number of aromatic nitrogens is 2. The molecule has 3 atom stereocenters. The van der Waals surface area contributed by atoms with E-state index < -0.39 is 20.2 Å². The van der Waals surface area contributed by atoms with E-state index in [0.29, 0.717) is 25.0 Å². The van der Waals surface area contributed by atoms with Gasteiger partial charge in [0.1, 0.15) is 19.2 Å². The molecular weight excluding hydrogens is 464 g/mol. The van der Waals surface area contributed by atoms with Crippen molar-refractivity contribution < 1.29 is 18.7 Å². The Balaban J connectivity index is 1.78. The first kappa shape index (κ1) is 27.3. The molecule has 192 valence electrons. The maximum Gasteiger partial charge on any atom is 0.335 e. The van der Waals surface area contributed by atoms with Crippen molar-refractivity contribution >= 4 is 14.6 Å². The fourth-order valence-corrected chi connectivity index (χ4v) is 4.93. The second-order valence-corrected chi connectivity index (χ2v) is 15.6. The lowest BCUT2D eigenvalue weighted by Crippen LogP contribution is -2.44. The van der Waals surface area contributed by atoms with Crippen molar-refractivity contribution in [2.75, 3.05) is 6.61 Å². The molecule has 0 unspecified atom stereocenters. The van der Waals surface area contributed by atoms with Gasteiger partial charge in [0.15, 0.2) is 8.32 Å². The normalized spacial score (nSPS) is 20.8. The molecule has 1 saturated heterocycles. The lowest BCUT2D eigenvalue weighted by atomic mass is 9.98. The zero-order valence-electron chi connectivity index (χ0n) is 21.7. The van der Waals surface area contributed by atoms with Crippen LogP contribution in [-0.2, 0) is 32.0 Å². The smallest absolute Gasteiger partial charge is 0.335 e. The Morgan fingerprint density at radius 3 is 2.49 bits per heavy atom. The molecule has 35 heavy (non-hydrogen) atoms. The van der Waals surface area contributed by atoms with Crippen LogP contribution in [0.4, 0.5) is 0 Å². The number of hydrogen-bond acceptors (Lipinski definition) is 6. The molecule has 1 aliphatic heterocycles. The molecule has 0 aliphatic carbocycles. The Morgan fingerprint density at radius 1 is 1.17 bits per heavy atom. The van der Waals surface area contributed by atoms with Crippen LogP contribution in [-0.4, -0.2) is 36.4 Å². The number of rotatable bonds is 10. The van der Waals surface area contributed by atoms with E-state index in [1.54, 1.807) is 6.92 Å².